The number of thiophene rings is 1. The number of nitrogens with two attached hydrogens (primary N) is 1. The van der Waals surface area contributed by atoms with Gasteiger partial charge in [-0.3, -0.25) is 11.3 Å². The van der Waals surface area contributed by atoms with Gasteiger partial charge in [0.05, 0.1) is 10.7 Å². The van der Waals surface area contributed by atoms with Crippen molar-refractivity contribution in [1.82, 2.24) is 10.4 Å². The first kappa shape index (κ1) is 13.7. The van der Waals surface area contributed by atoms with E-state index in [1.165, 1.54) is 9.75 Å². The van der Waals surface area contributed by atoms with Crippen LogP contribution in [0.5, 0.6) is 0 Å². The van der Waals surface area contributed by atoms with Gasteiger partial charge in [0.2, 0.25) is 0 Å². The van der Waals surface area contributed by atoms with E-state index in [0.717, 1.165) is 30.0 Å². The van der Waals surface area contributed by atoms with Crippen LogP contribution in [0.15, 0.2) is 17.5 Å². The van der Waals surface area contributed by atoms with Crippen LogP contribution in [-0.4, -0.2) is 11.0 Å². The van der Waals surface area contributed by atoms with E-state index in [1.54, 1.807) is 11.3 Å². The first-order valence-corrected chi connectivity index (χ1v) is 7.85. The van der Waals surface area contributed by atoms with Gasteiger partial charge in [-0.2, -0.15) is 0 Å². The summed E-state index contributed by atoms with van der Waals surface area (Å²) in [6.45, 7) is 4.22. The minimum atomic E-state index is 0.259. The Labute approximate surface area is 116 Å². The Morgan fingerprint density at radius 1 is 1.33 bits per heavy atom. The van der Waals surface area contributed by atoms with Crippen LogP contribution in [0, 0.1) is 6.92 Å². The first-order valence-electron chi connectivity index (χ1n) is 6.16. The topological polar surface area (TPSA) is 50.9 Å². The van der Waals surface area contributed by atoms with Crippen molar-refractivity contribution in [3.8, 4) is 0 Å². The van der Waals surface area contributed by atoms with Crippen LogP contribution in [0.3, 0.4) is 0 Å². The molecule has 0 aliphatic carbocycles. The molecule has 3 N–H and O–H groups in total. The Bertz CT molecular complexity index is 490. The highest BCUT2D eigenvalue weighted by Gasteiger charge is 2.12. The molecule has 0 amide bonds. The summed E-state index contributed by atoms with van der Waals surface area (Å²) in [4.78, 5) is 7.31. The molecule has 18 heavy (non-hydrogen) atoms. The zero-order chi connectivity index (χ0) is 13.0. The lowest BCUT2D eigenvalue weighted by atomic mass is 10.1. The fraction of sp³-hybridized carbons (Fsp3) is 0.462. The third-order valence-electron chi connectivity index (χ3n) is 2.87. The predicted octanol–water partition coefficient (Wildman–Crippen LogP) is 2.69. The standard InChI is InChI=1S/C13H19N3S2/c1-3-12-4-5-13(18-12)7-10(16-14)6-11-8-17-9(2)15-11/h4-5,8,10,16H,3,6-7,14H2,1-2H3. The highest BCUT2D eigenvalue weighted by Crippen LogP contribution is 2.19. The molecule has 0 saturated carbocycles. The van der Waals surface area contributed by atoms with E-state index in [-0.39, 0.29) is 6.04 Å². The summed E-state index contributed by atoms with van der Waals surface area (Å²) in [6.07, 6.45) is 2.97. The van der Waals surface area contributed by atoms with Crippen molar-refractivity contribution in [3.05, 3.63) is 38.0 Å². The lowest BCUT2D eigenvalue weighted by Gasteiger charge is -2.13. The SMILES string of the molecule is CCc1ccc(CC(Cc2csc(C)n2)NN)s1. The molecule has 0 fully saturated rings. The van der Waals surface area contributed by atoms with Crippen LogP contribution in [0.25, 0.3) is 0 Å². The Kier molecular flexibility index (Phi) is 4.88. The molecule has 2 rings (SSSR count). The molecular formula is C13H19N3S2. The number of aryl methyl sites for hydroxylation is 2. The van der Waals surface area contributed by atoms with E-state index in [9.17, 15) is 0 Å². The zero-order valence-electron chi connectivity index (χ0n) is 10.8. The molecule has 1 atom stereocenters. The summed E-state index contributed by atoms with van der Waals surface area (Å²) < 4.78 is 0. The van der Waals surface area contributed by atoms with Crippen LogP contribution in [0.2, 0.25) is 0 Å². The van der Waals surface area contributed by atoms with E-state index in [0.29, 0.717) is 0 Å². The third kappa shape index (κ3) is 3.62. The van der Waals surface area contributed by atoms with E-state index >= 15 is 0 Å². The van der Waals surface area contributed by atoms with E-state index in [1.807, 2.05) is 18.3 Å². The maximum absolute atomic E-state index is 5.64. The molecule has 5 heteroatoms. The molecule has 0 aromatic carbocycles. The number of rotatable bonds is 6. The number of hydrazine groups is 1. The van der Waals surface area contributed by atoms with Crippen molar-refractivity contribution in [1.29, 1.82) is 0 Å². The van der Waals surface area contributed by atoms with Crippen LogP contribution in [0.1, 0.15) is 27.4 Å². The van der Waals surface area contributed by atoms with Crippen molar-refractivity contribution in [2.24, 2.45) is 5.84 Å². The second kappa shape index (κ2) is 6.43. The molecule has 0 aliphatic heterocycles. The molecule has 0 spiro atoms. The quantitative estimate of drug-likeness (QED) is 0.632. The van der Waals surface area contributed by atoms with E-state index in [4.69, 9.17) is 5.84 Å². The smallest absolute Gasteiger partial charge is 0.0897 e. The molecule has 0 aliphatic rings. The number of hydrogen-bond acceptors (Lipinski definition) is 5. The molecule has 3 nitrogen and oxygen atoms in total. The minimum absolute atomic E-state index is 0.259. The normalized spacial score (nSPS) is 12.8. The van der Waals surface area contributed by atoms with E-state index in [2.05, 4.69) is 34.8 Å². The zero-order valence-corrected chi connectivity index (χ0v) is 12.4. The molecule has 2 heterocycles. The van der Waals surface area contributed by atoms with Gasteiger partial charge in [0, 0.05) is 27.6 Å². The fourth-order valence-corrected chi connectivity index (χ4v) is 3.57. The molecule has 0 saturated heterocycles. The third-order valence-corrected chi connectivity index (χ3v) is 4.95. The molecule has 98 valence electrons. The van der Waals surface area contributed by atoms with Crippen LogP contribution in [0.4, 0.5) is 0 Å². The Morgan fingerprint density at radius 2 is 2.11 bits per heavy atom. The average Bonchev–Trinajstić information content (AvgIpc) is 2.97. The molecular weight excluding hydrogens is 262 g/mol. The van der Waals surface area contributed by atoms with Crippen LogP contribution in [-0.2, 0) is 19.3 Å². The Hall–Kier alpha value is -0.750. The van der Waals surface area contributed by atoms with Crippen molar-refractivity contribution in [3.63, 3.8) is 0 Å². The molecule has 2 aromatic rings. The van der Waals surface area contributed by atoms with Crippen molar-refractivity contribution < 1.29 is 0 Å². The summed E-state index contributed by atoms with van der Waals surface area (Å²) in [5, 5.41) is 3.23. The lowest BCUT2D eigenvalue weighted by Crippen LogP contribution is -2.38. The second-order valence-electron chi connectivity index (χ2n) is 4.35. The highest BCUT2D eigenvalue weighted by atomic mass is 32.1. The van der Waals surface area contributed by atoms with Crippen molar-refractivity contribution in [2.45, 2.75) is 39.2 Å². The van der Waals surface area contributed by atoms with Gasteiger partial charge in [-0.05, 0) is 31.9 Å². The summed E-state index contributed by atoms with van der Waals surface area (Å²) in [6, 6.07) is 4.68. The highest BCUT2D eigenvalue weighted by molar-refractivity contribution is 7.12. The maximum Gasteiger partial charge on any atom is 0.0897 e. The van der Waals surface area contributed by atoms with Crippen molar-refractivity contribution >= 4 is 22.7 Å². The fourth-order valence-electron chi connectivity index (χ4n) is 1.91. The summed E-state index contributed by atoms with van der Waals surface area (Å²) in [7, 11) is 0. The second-order valence-corrected chi connectivity index (χ2v) is 6.67. The number of aromatic nitrogens is 1. The first-order chi connectivity index (χ1) is 8.71. The van der Waals surface area contributed by atoms with Gasteiger partial charge in [-0.25, -0.2) is 4.98 Å². The molecule has 0 bridgehead atoms. The molecule has 0 radical (unpaired) electrons. The minimum Gasteiger partial charge on any atom is -0.271 e. The van der Waals surface area contributed by atoms with Crippen molar-refractivity contribution in [2.75, 3.05) is 0 Å². The molecule has 2 aromatic heterocycles. The Morgan fingerprint density at radius 3 is 2.67 bits per heavy atom. The van der Waals surface area contributed by atoms with Gasteiger partial charge in [-0.15, -0.1) is 22.7 Å². The Balaban J connectivity index is 1.96. The van der Waals surface area contributed by atoms with Gasteiger partial charge in [0.15, 0.2) is 0 Å². The van der Waals surface area contributed by atoms with Gasteiger partial charge < -0.3 is 0 Å². The van der Waals surface area contributed by atoms with Crippen LogP contribution >= 0.6 is 22.7 Å². The summed E-state index contributed by atoms with van der Waals surface area (Å²) >= 11 is 3.57. The van der Waals surface area contributed by atoms with Gasteiger partial charge in [0.1, 0.15) is 0 Å². The monoisotopic (exact) mass is 281 g/mol. The number of nitrogens with zero attached hydrogens (tertiary/aromatic N) is 1. The summed E-state index contributed by atoms with van der Waals surface area (Å²) in [5.41, 5.74) is 4.04. The number of nitrogens with one attached hydrogen (secondary N) is 1. The number of thiazole rings is 1. The lowest BCUT2D eigenvalue weighted by molar-refractivity contribution is 0.521. The predicted molar refractivity (Wildman–Crippen MR) is 79.1 cm³/mol. The molecule has 1 unspecified atom stereocenters. The maximum atomic E-state index is 5.64. The van der Waals surface area contributed by atoms with E-state index < -0.39 is 0 Å². The average molecular weight is 281 g/mol. The van der Waals surface area contributed by atoms with Gasteiger partial charge in [0.25, 0.3) is 0 Å². The van der Waals surface area contributed by atoms with Gasteiger partial charge in [-0.1, -0.05) is 6.92 Å². The largest absolute Gasteiger partial charge is 0.271 e. The van der Waals surface area contributed by atoms with Gasteiger partial charge >= 0.3 is 0 Å². The van der Waals surface area contributed by atoms with Crippen LogP contribution < -0.4 is 11.3 Å². The number of hydrogen-bond donors (Lipinski definition) is 2. The summed E-state index contributed by atoms with van der Waals surface area (Å²) in [5.74, 6) is 5.64.